The van der Waals surface area contributed by atoms with E-state index in [1.54, 1.807) is 30.3 Å². The second kappa shape index (κ2) is 15.5. The number of imide groups is 1. The molecule has 2 amide bonds. The fourth-order valence-corrected chi connectivity index (χ4v) is 5.35. The second-order valence-electron chi connectivity index (χ2n) is 10.8. The van der Waals surface area contributed by atoms with E-state index in [1.165, 1.54) is 12.1 Å². The summed E-state index contributed by atoms with van der Waals surface area (Å²) in [5.41, 5.74) is 2.82. The molecule has 4 aromatic carbocycles. The van der Waals surface area contributed by atoms with Gasteiger partial charge < -0.3 is 19.5 Å². The molecule has 1 aliphatic rings. The molecule has 1 fully saturated rings. The number of nitrogens with zero attached hydrogens (tertiary/aromatic N) is 1. The summed E-state index contributed by atoms with van der Waals surface area (Å²) < 4.78 is 30.4. The molecule has 5 rings (SSSR count). The number of hydrogen-bond donors (Lipinski definition) is 1. The number of ether oxygens (including phenoxy) is 3. The molecule has 3 atom stereocenters. The van der Waals surface area contributed by atoms with E-state index in [2.05, 4.69) is 11.9 Å². The smallest absolute Gasteiger partial charge is 0.417 e. The maximum Gasteiger partial charge on any atom is 0.417 e. The highest BCUT2D eigenvalue weighted by Crippen LogP contribution is 2.37. The van der Waals surface area contributed by atoms with E-state index in [0.29, 0.717) is 23.6 Å². The van der Waals surface area contributed by atoms with Crippen molar-refractivity contribution >= 4 is 23.7 Å². The summed E-state index contributed by atoms with van der Waals surface area (Å²) in [7, 11) is 0. The molecule has 1 N–H and O–H groups in total. The average molecular weight is 623 g/mol. The molecule has 4 aromatic rings. The Morgan fingerprint density at radius 2 is 1.63 bits per heavy atom. The van der Waals surface area contributed by atoms with Crippen LogP contribution in [-0.2, 0) is 25.7 Å². The first kappa shape index (κ1) is 32.0. The van der Waals surface area contributed by atoms with Crippen LogP contribution >= 0.6 is 0 Å². The molecule has 8 nitrogen and oxygen atoms in total. The topological polar surface area (TPSA) is 94.2 Å². The Bertz CT molecular complexity index is 1610. The van der Waals surface area contributed by atoms with Crippen molar-refractivity contribution < 1.29 is 33.0 Å². The second-order valence-corrected chi connectivity index (χ2v) is 10.8. The van der Waals surface area contributed by atoms with Gasteiger partial charge in [-0.05, 0) is 59.5 Å². The summed E-state index contributed by atoms with van der Waals surface area (Å²) in [6, 6.07) is 30.0. The predicted molar refractivity (Wildman–Crippen MR) is 171 cm³/mol. The highest BCUT2D eigenvalue weighted by atomic mass is 19.1. The van der Waals surface area contributed by atoms with Crippen LogP contribution in [0.25, 0.3) is 0 Å². The third-order valence-corrected chi connectivity index (χ3v) is 7.69. The fraction of sp³-hybridized carbons (Fsp3) is 0.216. The summed E-state index contributed by atoms with van der Waals surface area (Å²) in [6.45, 7) is 4.09. The number of amides is 2. The lowest BCUT2D eigenvalue weighted by Crippen LogP contribution is -2.42. The van der Waals surface area contributed by atoms with Gasteiger partial charge in [0, 0.05) is 12.1 Å². The van der Waals surface area contributed by atoms with Gasteiger partial charge in [0.05, 0.1) is 12.0 Å². The Morgan fingerprint density at radius 3 is 2.30 bits per heavy atom. The van der Waals surface area contributed by atoms with Crippen molar-refractivity contribution in [2.75, 3.05) is 18.5 Å². The first-order chi connectivity index (χ1) is 22.4. The zero-order valence-corrected chi connectivity index (χ0v) is 25.2. The van der Waals surface area contributed by atoms with E-state index >= 15 is 0 Å². The standard InChI is InChI=1S/C37H35FN2O6/c1-2-23-44-31-19-13-28(14-20-31)35(39-30-17-15-29(38)16-18-30)32(21-22-34(41)45-24-26-9-5-3-6-10-26)36(42)40-33(25-46-37(40)43)27-11-7-4-8-12-27/h2-20,32-33,35,39H,1,21-25H2/t32-,33-,35-/m1/s1. The first-order valence-electron chi connectivity index (χ1n) is 15.0. The van der Waals surface area contributed by atoms with Gasteiger partial charge in [-0.1, -0.05) is 85.5 Å². The Morgan fingerprint density at radius 1 is 0.957 bits per heavy atom. The van der Waals surface area contributed by atoms with Crippen LogP contribution < -0.4 is 10.1 Å². The predicted octanol–water partition coefficient (Wildman–Crippen LogP) is 7.40. The normalized spacial score (nSPS) is 15.4. The number of halogens is 1. The van der Waals surface area contributed by atoms with Crippen molar-refractivity contribution in [1.82, 2.24) is 4.90 Å². The van der Waals surface area contributed by atoms with Crippen LogP contribution in [0.1, 0.15) is 41.6 Å². The van der Waals surface area contributed by atoms with Gasteiger partial charge in [-0.2, -0.15) is 0 Å². The first-order valence-corrected chi connectivity index (χ1v) is 15.0. The van der Waals surface area contributed by atoms with Gasteiger partial charge >= 0.3 is 12.1 Å². The minimum atomic E-state index is -0.939. The van der Waals surface area contributed by atoms with Crippen molar-refractivity contribution in [2.45, 2.75) is 31.5 Å². The van der Waals surface area contributed by atoms with Crippen LogP contribution in [0.2, 0.25) is 0 Å². The molecule has 0 spiro atoms. The summed E-state index contributed by atoms with van der Waals surface area (Å²) in [5.74, 6) is -1.75. The van der Waals surface area contributed by atoms with Gasteiger partial charge in [-0.25, -0.2) is 14.1 Å². The van der Waals surface area contributed by atoms with Crippen LogP contribution in [0.5, 0.6) is 5.75 Å². The van der Waals surface area contributed by atoms with E-state index in [4.69, 9.17) is 14.2 Å². The monoisotopic (exact) mass is 622 g/mol. The SMILES string of the molecule is C=CCOc1ccc([C@@H](Nc2ccc(F)cc2)[C@@H](CCC(=O)OCc2ccccc2)C(=O)N2C(=O)OC[C@@H]2c2ccccc2)cc1. The maximum absolute atomic E-state index is 14.5. The molecular weight excluding hydrogens is 587 g/mol. The third-order valence-electron chi connectivity index (χ3n) is 7.69. The number of esters is 1. The lowest BCUT2D eigenvalue weighted by atomic mass is 9.87. The van der Waals surface area contributed by atoms with Crippen LogP contribution in [0.3, 0.4) is 0 Å². The van der Waals surface area contributed by atoms with Crippen molar-refractivity contribution in [3.8, 4) is 5.75 Å². The molecule has 236 valence electrons. The van der Waals surface area contributed by atoms with Gasteiger partial charge in [0.25, 0.3) is 0 Å². The van der Waals surface area contributed by atoms with Crippen LogP contribution in [0.15, 0.2) is 122 Å². The third kappa shape index (κ3) is 8.18. The largest absolute Gasteiger partial charge is 0.490 e. The molecule has 0 saturated carbocycles. The molecule has 0 radical (unpaired) electrons. The fourth-order valence-electron chi connectivity index (χ4n) is 5.35. The van der Waals surface area contributed by atoms with Crippen LogP contribution in [-0.4, -0.2) is 36.1 Å². The van der Waals surface area contributed by atoms with Crippen molar-refractivity contribution in [3.63, 3.8) is 0 Å². The molecule has 9 heteroatoms. The number of anilines is 1. The Balaban J connectivity index is 1.48. The minimum Gasteiger partial charge on any atom is -0.490 e. The molecule has 0 bridgehead atoms. The van der Waals surface area contributed by atoms with Crippen LogP contribution in [0.4, 0.5) is 14.9 Å². The van der Waals surface area contributed by atoms with Crippen molar-refractivity contribution in [3.05, 3.63) is 144 Å². The van der Waals surface area contributed by atoms with Gasteiger partial charge in [-0.15, -0.1) is 0 Å². The number of hydrogen-bond acceptors (Lipinski definition) is 7. The number of cyclic esters (lactones) is 1. The lowest BCUT2D eigenvalue weighted by Gasteiger charge is -2.32. The Labute approximate surface area is 267 Å². The number of carbonyl (C=O) groups excluding carboxylic acids is 3. The molecule has 1 heterocycles. The van der Waals surface area contributed by atoms with Gasteiger partial charge in [0.2, 0.25) is 5.91 Å². The Hall–Kier alpha value is -5.44. The Kier molecular flexibility index (Phi) is 10.8. The summed E-state index contributed by atoms with van der Waals surface area (Å²) in [4.78, 5) is 41.8. The molecule has 0 unspecified atom stereocenters. The minimum absolute atomic E-state index is 0.00577. The van der Waals surface area contributed by atoms with E-state index in [1.807, 2.05) is 72.8 Å². The quantitative estimate of drug-likeness (QED) is 0.116. The number of nitrogens with one attached hydrogen (secondary N) is 1. The molecule has 1 saturated heterocycles. The highest BCUT2D eigenvalue weighted by molar-refractivity contribution is 5.95. The zero-order valence-electron chi connectivity index (χ0n) is 25.2. The van der Waals surface area contributed by atoms with Gasteiger partial charge in [-0.3, -0.25) is 9.59 Å². The number of benzene rings is 4. The van der Waals surface area contributed by atoms with Gasteiger partial charge in [0.15, 0.2) is 0 Å². The zero-order chi connectivity index (χ0) is 32.3. The van der Waals surface area contributed by atoms with E-state index in [9.17, 15) is 18.8 Å². The summed E-state index contributed by atoms with van der Waals surface area (Å²) in [5, 5.41) is 3.37. The maximum atomic E-state index is 14.5. The van der Waals surface area contributed by atoms with Crippen molar-refractivity contribution in [1.29, 1.82) is 0 Å². The van der Waals surface area contributed by atoms with E-state index < -0.39 is 41.8 Å². The highest BCUT2D eigenvalue weighted by Gasteiger charge is 2.44. The average Bonchev–Trinajstić information content (AvgIpc) is 3.49. The van der Waals surface area contributed by atoms with Crippen molar-refractivity contribution in [2.24, 2.45) is 5.92 Å². The van der Waals surface area contributed by atoms with E-state index in [0.717, 1.165) is 16.0 Å². The number of rotatable bonds is 14. The molecule has 0 aromatic heterocycles. The van der Waals surface area contributed by atoms with Gasteiger partial charge in [0.1, 0.15) is 37.4 Å². The molecular formula is C37H35FN2O6. The van der Waals surface area contributed by atoms with Crippen LogP contribution in [0, 0.1) is 11.7 Å². The molecule has 46 heavy (non-hydrogen) atoms. The summed E-state index contributed by atoms with van der Waals surface area (Å²) in [6.07, 6.45) is 0.830. The van der Waals surface area contributed by atoms with E-state index in [-0.39, 0.29) is 26.1 Å². The molecule has 1 aliphatic heterocycles. The molecule has 0 aliphatic carbocycles. The lowest BCUT2D eigenvalue weighted by molar-refractivity contribution is -0.145. The summed E-state index contributed by atoms with van der Waals surface area (Å²) >= 11 is 0. The number of carbonyl (C=O) groups is 3.